The average molecular weight is 421 g/mol. The number of halogens is 1. The third kappa shape index (κ3) is 6.96. The van der Waals surface area contributed by atoms with E-state index in [1.165, 1.54) is 12.1 Å². The highest BCUT2D eigenvalue weighted by atomic mass is 19.1. The van der Waals surface area contributed by atoms with Gasteiger partial charge in [-0.3, -0.25) is 14.4 Å². The fourth-order valence-electron chi connectivity index (χ4n) is 3.28. The number of hydrogen-bond donors (Lipinski definition) is 4. The zero-order valence-corrected chi connectivity index (χ0v) is 16.4. The Balaban J connectivity index is 0.00000101. The summed E-state index contributed by atoms with van der Waals surface area (Å²) in [6, 6.07) is 7.18. The molecule has 9 nitrogen and oxygen atoms in total. The van der Waals surface area contributed by atoms with Gasteiger partial charge in [0.05, 0.1) is 24.3 Å². The quantitative estimate of drug-likeness (QED) is 0.509. The number of amides is 2. The highest BCUT2D eigenvalue weighted by molar-refractivity contribution is 5.80. The van der Waals surface area contributed by atoms with Gasteiger partial charge in [0.25, 0.3) is 6.47 Å². The number of aryl methyl sites for hydroxylation is 1. The molecule has 1 aromatic carbocycles. The van der Waals surface area contributed by atoms with Gasteiger partial charge in [0.1, 0.15) is 11.6 Å². The zero-order valence-electron chi connectivity index (χ0n) is 16.4. The minimum absolute atomic E-state index is 0.0283. The number of nitrogens with one attached hydrogen (secondary N) is 2. The Morgan fingerprint density at radius 3 is 2.70 bits per heavy atom. The molecule has 1 aromatic heterocycles. The molecule has 10 heteroatoms. The minimum atomic E-state index is -0.796. The summed E-state index contributed by atoms with van der Waals surface area (Å²) in [5.41, 5.74) is 1.35. The van der Waals surface area contributed by atoms with E-state index in [1.807, 2.05) is 0 Å². The zero-order chi connectivity index (χ0) is 22.1. The molecule has 1 aliphatic rings. The third-order valence-electron chi connectivity index (χ3n) is 4.61. The molecule has 0 saturated heterocycles. The van der Waals surface area contributed by atoms with E-state index in [4.69, 9.17) is 14.4 Å². The van der Waals surface area contributed by atoms with Crippen LogP contribution in [0.4, 0.5) is 4.39 Å². The molecule has 2 amide bonds. The first-order valence-electron chi connectivity index (χ1n) is 9.32. The van der Waals surface area contributed by atoms with Gasteiger partial charge in [0.15, 0.2) is 0 Å². The van der Waals surface area contributed by atoms with E-state index in [0.29, 0.717) is 23.4 Å². The summed E-state index contributed by atoms with van der Waals surface area (Å²) < 4.78 is 18.2. The number of carboxylic acid groups (broad SMARTS) is 1. The minimum Gasteiger partial charge on any atom is -0.483 e. The van der Waals surface area contributed by atoms with Crippen molar-refractivity contribution in [2.24, 2.45) is 5.92 Å². The molecule has 1 fully saturated rings. The Bertz CT molecular complexity index is 872. The molecular formula is C20H24FN3O6. The van der Waals surface area contributed by atoms with Gasteiger partial charge in [-0.2, -0.15) is 0 Å². The second kappa shape index (κ2) is 11.1. The molecule has 162 valence electrons. The highest BCUT2D eigenvalue weighted by Gasteiger charge is 2.37. The summed E-state index contributed by atoms with van der Waals surface area (Å²) in [4.78, 5) is 32.8. The molecule has 3 rings (SSSR count). The summed E-state index contributed by atoms with van der Waals surface area (Å²) in [5, 5.41) is 26.3. The molecule has 2 aromatic rings. The molecule has 0 aliphatic heterocycles. The van der Waals surface area contributed by atoms with E-state index >= 15 is 0 Å². The van der Waals surface area contributed by atoms with Crippen molar-refractivity contribution in [1.29, 1.82) is 0 Å². The molecule has 1 aliphatic carbocycles. The van der Waals surface area contributed by atoms with Crippen LogP contribution in [0.3, 0.4) is 0 Å². The van der Waals surface area contributed by atoms with Crippen molar-refractivity contribution in [3.05, 3.63) is 53.2 Å². The Morgan fingerprint density at radius 2 is 2.07 bits per heavy atom. The van der Waals surface area contributed by atoms with Crippen LogP contribution < -0.4 is 10.6 Å². The Kier molecular flexibility index (Phi) is 8.48. The van der Waals surface area contributed by atoms with E-state index in [0.717, 1.165) is 0 Å². The first-order valence-corrected chi connectivity index (χ1v) is 9.32. The van der Waals surface area contributed by atoms with Crippen molar-refractivity contribution in [3.63, 3.8) is 0 Å². The largest absolute Gasteiger partial charge is 0.483 e. The predicted molar refractivity (Wildman–Crippen MR) is 103 cm³/mol. The van der Waals surface area contributed by atoms with Crippen LogP contribution in [0.2, 0.25) is 0 Å². The monoisotopic (exact) mass is 421 g/mol. The first kappa shape index (κ1) is 23.0. The number of nitrogens with zero attached hydrogens (tertiary/aromatic N) is 1. The molecule has 1 heterocycles. The Labute approximate surface area is 172 Å². The molecule has 0 radical (unpaired) electrons. The maximum absolute atomic E-state index is 13.2. The number of benzene rings is 1. The molecule has 4 N–H and O–H groups in total. The number of hydrogen-bond acceptors (Lipinski definition) is 6. The second-order valence-corrected chi connectivity index (χ2v) is 6.97. The van der Waals surface area contributed by atoms with Crippen LogP contribution in [-0.4, -0.2) is 45.8 Å². The van der Waals surface area contributed by atoms with E-state index in [-0.39, 0.29) is 43.5 Å². The lowest BCUT2D eigenvalue weighted by atomic mass is 10.1. The molecule has 0 bridgehead atoms. The van der Waals surface area contributed by atoms with Crippen LogP contribution in [0.5, 0.6) is 0 Å². The topological polar surface area (TPSA) is 142 Å². The summed E-state index contributed by atoms with van der Waals surface area (Å²) in [6.07, 6.45) is -0.158. The summed E-state index contributed by atoms with van der Waals surface area (Å²) in [6.45, 7) is 1.73. The lowest BCUT2D eigenvalue weighted by molar-refractivity contribution is -0.125. The SMILES string of the molecule is Cc1cc(CC(=O)N[C@H]2C[C@H](C(=O)NCc3cccc(F)c3)C[C@@H]2O)on1.O=CO. The number of aromatic nitrogens is 1. The third-order valence-corrected chi connectivity index (χ3v) is 4.61. The highest BCUT2D eigenvalue weighted by Crippen LogP contribution is 2.26. The van der Waals surface area contributed by atoms with Gasteiger partial charge in [-0.1, -0.05) is 17.3 Å². The van der Waals surface area contributed by atoms with Crippen LogP contribution >= 0.6 is 0 Å². The summed E-state index contributed by atoms with van der Waals surface area (Å²) >= 11 is 0. The number of aliphatic hydroxyl groups is 1. The van der Waals surface area contributed by atoms with Gasteiger partial charge in [-0.05, 0) is 37.5 Å². The van der Waals surface area contributed by atoms with Gasteiger partial charge in [-0.15, -0.1) is 0 Å². The van der Waals surface area contributed by atoms with Crippen LogP contribution in [0, 0.1) is 18.7 Å². The van der Waals surface area contributed by atoms with Crippen molar-refractivity contribution in [2.75, 3.05) is 0 Å². The van der Waals surface area contributed by atoms with Crippen LogP contribution in [0.15, 0.2) is 34.9 Å². The molecule has 0 unspecified atom stereocenters. The van der Waals surface area contributed by atoms with E-state index in [2.05, 4.69) is 15.8 Å². The van der Waals surface area contributed by atoms with Crippen molar-refractivity contribution < 1.29 is 33.5 Å². The van der Waals surface area contributed by atoms with E-state index < -0.39 is 18.1 Å². The smallest absolute Gasteiger partial charge is 0.290 e. The van der Waals surface area contributed by atoms with Crippen LogP contribution in [-0.2, 0) is 27.3 Å². The maximum Gasteiger partial charge on any atom is 0.290 e. The van der Waals surface area contributed by atoms with Gasteiger partial charge in [-0.25, -0.2) is 4.39 Å². The van der Waals surface area contributed by atoms with Crippen LogP contribution in [0.25, 0.3) is 0 Å². The van der Waals surface area contributed by atoms with Crippen molar-refractivity contribution in [2.45, 2.75) is 44.9 Å². The normalized spacial score (nSPS) is 20.0. The molecule has 0 spiro atoms. The predicted octanol–water partition coefficient (Wildman–Crippen LogP) is 0.938. The van der Waals surface area contributed by atoms with Crippen LogP contribution in [0.1, 0.15) is 29.9 Å². The van der Waals surface area contributed by atoms with Crippen molar-refractivity contribution in [1.82, 2.24) is 15.8 Å². The standard InChI is InChI=1S/C19H22FN3O4.CH2O2/c1-11-5-15(27-23-11)9-18(25)22-16-7-13(8-17(16)24)19(26)21-10-12-3-2-4-14(20)6-12;2-1-3/h2-6,13,16-17,24H,7-10H2,1H3,(H,21,26)(H,22,25);1H,(H,2,3)/t13-,16-,17-;/m0./s1. The Morgan fingerprint density at radius 1 is 1.33 bits per heavy atom. The molecule has 30 heavy (non-hydrogen) atoms. The lowest BCUT2D eigenvalue weighted by Crippen LogP contribution is -2.40. The second-order valence-electron chi connectivity index (χ2n) is 6.97. The summed E-state index contributed by atoms with van der Waals surface area (Å²) in [7, 11) is 0. The van der Waals surface area contributed by atoms with Gasteiger partial charge >= 0.3 is 0 Å². The van der Waals surface area contributed by atoms with Gasteiger partial charge < -0.3 is 25.4 Å². The van der Waals surface area contributed by atoms with E-state index in [9.17, 15) is 19.1 Å². The van der Waals surface area contributed by atoms with Crippen molar-refractivity contribution >= 4 is 18.3 Å². The summed E-state index contributed by atoms with van der Waals surface area (Å²) in [5.74, 6) is -0.840. The lowest BCUT2D eigenvalue weighted by Gasteiger charge is -2.15. The Hall–Kier alpha value is -3.27. The van der Waals surface area contributed by atoms with E-state index in [1.54, 1.807) is 25.1 Å². The van der Waals surface area contributed by atoms with Gasteiger partial charge in [0.2, 0.25) is 11.8 Å². The molecular weight excluding hydrogens is 397 g/mol. The van der Waals surface area contributed by atoms with Crippen molar-refractivity contribution in [3.8, 4) is 0 Å². The fraction of sp³-hybridized carbons (Fsp3) is 0.400. The maximum atomic E-state index is 13.2. The molecule has 1 saturated carbocycles. The number of rotatable bonds is 6. The number of aliphatic hydroxyl groups excluding tert-OH is 1. The molecule has 3 atom stereocenters. The average Bonchev–Trinajstić information content (AvgIpc) is 3.26. The first-order chi connectivity index (χ1) is 14.3. The van der Waals surface area contributed by atoms with Gasteiger partial charge in [0, 0.05) is 18.5 Å². The number of carbonyl (C=O) groups excluding carboxylic acids is 2. The fourth-order valence-corrected chi connectivity index (χ4v) is 3.28. The number of carbonyl (C=O) groups is 3.